The van der Waals surface area contributed by atoms with E-state index in [4.69, 9.17) is 23.7 Å². The third-order valence-corrected chi connectivity index (χ3v) is 7.60. The van der Waals surface area contributed by atoms with Crippen LogP contribution in [0.4, 0.5) is 0 Å². The maximum atomic E-state index is 12.7. The predicted octanol–water partition coefficient (Wildman–Crippen LogP) is 4.26. The molecule has 0 N–H and O–H groups in total. The van der Waals surface area contributed by atoms with E-state index < -0.39 is 0 Å². The van der Waals surface area contributed by atoms with E-state index in [1.165, 1.54) is 11.6 Å². The number of epoxide rings is 2. The van der Waals surface area contributed by atoms with Gasteiger partial charge in [0.15, 0.2) is 0 Å². The van der Waals surface area contributed by atoms with Gasteiger partial charge in [0.1, 0.15) is 35.8 Å². The van der Waals surface area contributed by atoms with E-state index in [0.717, 1.165) is 30.7 Å². The third-order valence-electron chi connectivity index (χ3n) is 7.60. The summed E-state index contributed by atoms with van der Waals surface area (Å²) in [5.74, 6) is 0.450. The molecule has 6 atom stereocenters. The summed E-state index contributed by atoms with van der Waals surface area (Å²) in [5, 5.41) is 0. The van der Waals surface area contributed by atoms with Crippen LogP contribution in [0.2, 0.25) is 0 Å². The standard InChI is InChI=1S/C29H41NO6/c1-20(2)7-13-24-28(3,36-24)27-26(32-6)23(15-16-29(27)19-34-29)35-25(31)14-10-21-8-11-22(12-9-21)33-18-17-30(4)5/h7-12,14,23-24,26-27H,13,15-19H2,1-6H3/b14-10+/t23-,24?,26-,27-,28?,29?/m1/s1. The lowest BCUT2D eigenvalue weighted by molar-refractivity contribution is -0.166. The van der Waals surface area contributed by atoms with Gasteiger partial charge in [-0.15, -0.1) is 0 Å². The summed E-state index contributed by atoms with van der Waals surface area (Å²) in [4.78, 5) is 14.8. The molecule has 7 nitrogen and oxygen atoms in total. The molecule has 0 amide bonds. The second kappa shape index (κ2) is 11.1. The molecule has 7 heteroatoms. The van der Waals surface area contributed by atoms with Crippen molar-refractivity contribution in [2.24, 2.45) is 5.92 Å². The van der Waals surface area contributed by atoms with Crippen molar-refractivity contribution in [1.29, 1.82) is 0 Å². The Kier molecular flexibility index (Phi) is 8.25. The molecule has 2 aliphatic heterocycles. The maximum Gasteiger partial charge on any atom is 0.331 e. The molecule has 1 spiro atoms. The molecular formula is C29H41NO6. The zero-order chi connectivity index (χ0) is 25.9. The highest BCUT2D eigenvalue weighted by Crippen LogP contribution is 2.59. The molecule has 3 fully saturated rings. The van der Waals surface area contributed by atoms with Crippen LogP contribution in [0.25, 0.3) is 6.08 Å². The van der Waals surface area contributed by atoms with Crippen molar-refractivity contribution in [1.82, 2.24) is 4.90 Å². The maximum absolute atomic E-state index is 12.7. The number of ether oxygens (including phenoxy) is 5. The van der Waals surface area contributed by atoms with Crippen LogP contribution in [0.3, 0.4) is 0 Å². The third kappa shape index (κ3) is 6.20. The number of esters is 1. The van der Waals surface area contributed by atoms with Crippen LogP contribution >= 0.6 is 0 Å². The van der Waals surface area contributed by atoms with Gasteiger partial charge >= 0.3 is 5.97 Å². The summed E-state index contributed by atoms with van der Waals surface area (Å²) in [6.07, 6.45) is 7.38. The first-order valence-electron chi connectivity index (χ1n) is 12.9. The quantitative estimate of drug-likeness (QED) is 0.195. The molecule has 4 rings (SSSR count). The van der Waals surface area contributed by atoms with Crippen molar-refractivity contribution in [3.05, 3.63) is 47.6 Å². The van der Waals surface area contributed by atoms with Crippen molar-refractivity contribution in [2.45, 2.75) is 69.5 Å². The molecule has 1 aliphatic carbocycles. The summed E-state index contributed by atoms with van der Waals surface area (Å²) in [7, 11) is 5.72. The van der Waals surface area contributed by atoms with Crippen molar-refractivity contribution >= 4 is 12.0 Å². The molecular weight excluding hydrogens is 458 g/mol. The van der Waals surface area contributed by atoms with E-state index in [9.17, 15) is 4.79 Å². The monoisotopic (exact) mass is 499 g/mol. The minimum atomic E-state index is -0.372. The van der Waals surface area contributed by atoms with Gasteiger partial charge in [-0.05, 0) is 77.9 Å². The number of hydrogen-bond donors (Lipinski definition) is 0. The van der Waals surface area contributed by atoms with Crippen LogP contribution in [-0.2, 0) is 23.7 Å². The Morgan fingerprint density at radius 3 is 2.56 bits per heavy atom. The highest BCUT2D eigenvalue weighted by atomic mass is 16.6. The van der Waals surface area contributed by atoms with E-state index in [1.54, 1.807) is 13.2 Å². The fourth-order valence-electron chi connectivity index (χ4n) is 5.44. The lowest BCUT2D eigenvalue weighted by Gasteiger charge is -2.42. The van der Waals surface area contributed by atoms with E-state index in [-0.39, 0.29) is 41.4 Å². The van der Waals surface area contributed by atoms with Crippen molar-refractivity contribution < 1.29 is 28.5 Å². The predicted molar refractivity (Wildman–Crippen MR) is 139 cm³/mol. The van der Waals surface area contributed by atoms with Gasteiger partial charge in [-0.2, -0.15) is 0 Å². The Bertz CT molecular complexity index is 962. The first kappa shape index (κ1) is 26.9. The number of hydrogen-bond acceptors (Lipinski definition) is 7. The van der Waals surface area contributed by atoms with E-state index in [0.29, 0.717) is 19.6 Å². The van der Waals surface area contributed by atoms with Gasteiger partial charge in [-0.25, -0.2) is 4.79 Å². The number of rotatable bonds is 11. The van der Waals surface area contributed by atoms with Crippen molar-refractivity contribution in [3.63, 3.8) is 0 Å². The molecule has 0 aromatic heterocycles. The highest BCUT2D eigenvalue weighted by molar-refractivity contribution is 5.87. The summed E-state index contributed by atoms with van der Waals surface area (Å²) < 4.78 is 29.8. The molecule has 1 aromatic carbocycles. The van der Waals surface area contributed by atoms with Crippen molar-refractivity contribution in [3.8, 4) is 5.75 Å². The van der Waals surface area contributed by atoms with Gasteiger partial charge in [-0.3, -0.25) is 0 Å². The molecule has 3 unspecified atom stereocenters. The molecule has 2 heterocycles. The fraction of sp³-hybridized carbons (Fsp3) is 0.621. The molecule has 1 aromatic rings. The first-order valence-corrected chi connectivity index (χ1v) is 12.9. The zero-order valence-electron chi connectivity index (χ0n) is 22.5. The van der Waals surface area contributed by atoms with Gasteiger partial charge in [-0.1, -0.05) is 23.8 Å². The Balaban J connectivity index is 1.36. The summed E-state index contributed by atoms with van der Waals surface area (Å²) in [6.45, 7) is 8.54. The van der Waals surface area contributed by atoms with Gasteiger partial charge in [0.25, 0.3) is 0 Å². The van der Waals surface area contributed by atoms with E-state index in [1.807, 2.05) is 38.4 Å². The molecule has 0 radical (unpaired) electrons. The molecule has 36 heavy (non-hydrogen) atoms. The van der Waals surface area contributed by atoms with Crippen LogP contribution in [0.1, 0.15) is 45.6 Å². The zero-order valence-corrected chi connectivity index (χ0v) is 22.5. The van der Waals surface area contributed by atoms with Gasteiger partial charge in [0, 0.05) is 19.7 Å². The number of carbonyl (C=O) groups is 1. The summed E-state index contributed by atoms with van der Waals surface area (Å²) in [5.41, 5.74) is 1.61. The van der Waals surface area contributed by atoms with Crippen LogP contribution in [0, 0.1) is 5.92 Å². The number of allylic oxidation sites excluding steroid dienone is 1. The lowest BCUT2D eigenvalue weighted by Crippen LogP contribution is -2.55. The SMILES string of the molecule is CO[C@@H]1[C@H](OC(=O)/C=C/c2ccc(OCCN(C)C)cc2)CCC2(CO2)[C@H]1C1(C)OC1CC=C(C)C. The minimum absolute atomic E-state index is 0.0149. The smallest absolute Gasteiger partial charge is 0.331 e. The fourth-order valence-corrected chi connectivity index (χ4v) is 5.44. The second-order valence-corrected chi connectivity index (χ2v) is 10.9. The Morgan fingerprint density at radius 1 is 1.22 bits per heavy atom. The van der Waals surface area contributed by atoms with Gasteiger partial charge < -0.3 is 28.6 Å². The number of nitrogens with zero attached hydrogens (tertiary/aromatic N) is 1. The van der Waals surface area contributed by atoms with E-state index >= 15 is 0 Å². The number of likely N-dealkylation sites (N-methyl/N-ethyl adjacent to an activating group) is 1. The van der Waals surface area contributed by atoms with Gasteiger partial charge in [0.05, 0.1) is 18.6 Å². The second-order valence-electron chi connectivity index (χ2n) is 10.9. The summed E-state index contributed by atoms with van der Waals surface area (Å²) in [6, 6.07) is 7.67. The number of carbonyl (C=O) groups excluding carboxylic acids is 1. The lowest BCUT2D eigenvalue weighted by atomic mass is 9.68. The minimum Gasteiger partial charge on any atom is -0.492 e. The molecule has 3 aliphatic rings. The Morgan fingerprint density at radius 2 is 1.94 bits per heavy atom. The number of benzene rings is 1. The molecule has 1 saturated carbocycles. The van der Waals surface area contributed by atoms with Crippen LogP contribution < -0.4 is 4.74 Å². The number of methoxy groups -OCH3 is 1. The Labute approximate surface area is 215 Å². The topological polar surface area (TPSA) is 73.1 Å². The van der Waals surface area contributed by atoms with Crippen LogP contribution in [0.15, 0.2) is 42.0 Å². The van der Waals surface area contributed by atoms with Crippen molar-refractivity contribution in [2.75, 3.05) is 41.0 Å². The molecule has 198 valence electrons. The van der Waals surface area contributed by atoms with Crippen LogP contribution in [0.5, 0.6) is 5.75 Å². The van der Waals surface area contributed by atoms with Gasteiger partial charge in [0.2, 0.25) is 0 Å². The Hall–Kier alpha value is -2.19. The largest absolute Gasteiger partial charge is 0.492 e. The van der Waals surface area contributed by atoms with Crippen LogP contribution in [-0.4, -0.2) is 81.3 Å². The highest BCUT2D eigenvalue weighted by Gasteiger charge is 2.72. The first-order chi connectivity index (χ1) is 17.2. The normalized spacial score (nSPS) is 33.1. The average Bonchev–Trinajstić information content (AvgIpc) is 3.75. The molecule has 2 saturated heterocycles. The average molecular weight is 500 g/mol. The molecule has 0 bridgehead atoms. The summed E-state index contributed by atoms with van der Waals surface area (Å²) >= 11 is 0. The van der Waals surface area contributed by atoms with E-state index in [2.05, 4.69) is 31.7 Å².